The molecule has 4 aliphatic heterocycles. The van der Waals surface area contributed by atoms with Crippen molar-refractivity contribution in [3.05, 3.63) is 63.7 Å². The van der Waals surface area contributed by atoms with Crippen LogP contribution in [0.25, 0.3) is 16.7 Å². The molecule has 0 atom stereocenters. The van der Waals surface area contributed by atoms with Gasteiger partial charge in [0.1, 0.15) is 24.1 Å². The SMILES string of the molecule is CCCC1=CC(C)(C)N(CCCCCC(=O)ON2C(=O)CCC2=O)c2cc3c(cc21)C(C#N)=c1cc2c(cc1O3)=[N+](CCCCCC(=O)NCCOCCOCCOCCOCCOCCOCCOCCOCCOCCOCCOCCOCCOCCOCCOCCOCCOCCOCCOCCOCCOCCOCCOCCOC)C(C)(C)C=C2CS(=O)(=O)[O-]. The van der Waals surface area contributed by atoms with E-state index in [1.807, 2.05) is 38.1 Å². The second-order valence-electron chi connectivity index (χ2n) is 31.8. The molecule has 2 aromatic rings. The summed E-state index contributed by atoms with van der Waals surface area (Å²) < 4.78 is 179. The van der Waals surface area contributed by atoms with E-state index in [2.05, 4.69) is 47.7 Å². The third kappa shape index (κ3) is 50.2. The maximum atomic E-state index is 12.9. The summed E-state index contributed by atoms with van der Waals surface area (Å²) in [5, 5.41) is 15.6. The highest BCUT2D eigenvalue weighted by Gasteiger charge is 2.39. The number of benzene rings is 2. The molecule has 38 nitrogen and oxygen atoms in total. The second-order valence-corrected chi connectivity index (χ2v) is 33.2. The Labute approximate surface area is 780 Å². The first-order valence-corrected chi connectivity index (χ1v) is 48.3. The molecule has 4 aliphatic rings. The van der Waals surface area contributed by atoms with Crippen LogP contribution in [0.5, 0.6) is 11.5 Å². The molecule has 0 bridgehead atoms. The van der Waals surface area contributed by atoms with E-state index in [9.17, 15) is 37.4 Å². The van der Waals surface area contributed by atoms with E-state index in [4.69, 9.17) is 123 Å². The fourth-order valence-corrected chi connectivity index (χ4v) is 14.7. The van der Waals surface area contributed by atoms with Gasteiger partial charge in [-0.25, -0.2) is 17.8 Å². The van der Waals surface area contributed by atoms with Gasteiger partial charge in [0.25, 0.3) is 11.8 Å². The number of nitriles is 1. The number of nitrogens with one attached hydrogen (secondary N) is 1. The number of allylic oxidation sites excluding steroid dienone is 1. The van der Waals surface area contributed by atoms with Crippen LogP contribution in [-0.4, -0.2) is 396 Å². The molecule has 0 unspecified atom stereocenters. The number of imide groups is 1. The van der Waals surface area contributed by atoms with Crippen LogP contribution in [0.4, 0.5) is 5.69 Å². The number of anilines is 1. The van der Waals surface area contributed by atoms with Crippen molar-refractivity contribution < 1.29 is 155 Å². The Morgan fingerprint density at radius 1 is 0.447 bits per heavy atom. The number of fused-ring (bicyclic) bond motifs is 4. The van der Waals surface area contributed by atoms with Crippen LogP contribution in [0.2, 0.25) is 0 Å². The number of methoxy groups -OCH3 is 1. The van der Waals surface area contributed by atoms with E-state index in [0.29, 0.717) is 418 Å². The molecular formula is C93H151N5O33S. The van der Waals surface area contributed by atoms with Gasteiger partial charge in [0.2, 0.25) is 11.3 Å². The van der Waals surface area contributed by atoms with Gasteiger partial charge in [0.05, 0.1) is 349 Å². The predicted octanol–water partition coefficient (Wildman–Crippen LogP) is 5.38. The molecule has 1 saturated heterocycles. The van der Waals surface area contributed by atoms with Gasteiger partial charge in [-0.1, -0.05) is 25.8 Å². The fourth-order valence-electron chi connectivity index (χ4n) is 14.1. The van der Waals surface area contributed by atoms with Crippen molar-refractivity contribution in [2.24, 2.45) is 0 Å². The molecule has 0 saturated carbocycles. The molecule has 752 valence electrons. The van der Waals surface area contributed by atoms with Gasteiger partial charge in [-0.15, -0.1) is 5.06 Å². The zero-order valence-corrected chi connectivity index (χ0v) is 80.0. The number of carbonyl (C=O) groups excluding carboxylic acids is 4. The number of carbonyl (C=O) groups is 4. The number of hydroxylamine groups is 2. The van der Waals surface area contributed by atoms with Crippen LogP contribution in [0.3, 0.4) is 0 Å². The van der Waals surface area contributed by atoms with Crippen LogP contribution in [0.15, 0.2) is 36.4 Å². The number of nitrogens with zero attached hydrogens (tertiary/aromatic N) is 4. The van der Waals surface area contributed by atoms with Crippen molar-refractivity contribution in [1.82, 2.24) is 15.0 Å². The summed E-state index contributed by atoms with van der Waals surface area (Å²) in [5.74, 6) is -1.59. The van der Waals surface area contributed by atoms with Gasteiger partial charge >= 0.3 is 5.97 Å². The molecule has 0 spiro atoms. The van der Waals surface area contributed by atoms with Gasteiger partial charge < -0.3 is 138 Å². The molecule has 0 aliphatic carbocycles. The number of ether oxygens (including phenoxy) is 25. The Balaban J connectivity index is 0.642. The topological polar surface area (TPSA) is 411 Å². The molecule has 6 rings (SSSR count). The molecule has 132 heavy (non-hydrogen) atoms. The third-order valence-corrected chi connectivity index (χ3v) is 21.2. The minimum atomic E-state index is -4.72. The second kappa shape index (κ2) is 72.1. The zero-order chi connectivity index (χ0) is 94.5. The van der Waals surface area contributed by atoms with Crippen LogP contribution < -0.4 is 30.1 Å². The Morgan fingerprint density at radius 3 is 1.17 bits per heavy atom. The minimum absolute atomic E-state index is 0.0275. The molecule has 0 radical (unpaired) electrons. The van der Waals surface area contributed by atoms with E-state index >= 15 is 0 Å². The Bertz CT molecular complexity index is 3840. The minimum Gasteiger partial charge on any atom is -0.748 e. The fraction of sp³-hybridized carbons (Fsp3) is 0.763. The summed E-state index contributed by atoms with van der Waals surface area (Å²) in [6.45, 7) is 33.7. The average Bonchev–Trinajstić information content (AvgIpc) is 0.746. The summed E-state index contributed by atoms with van der Waals surface area (Å²) in [6.07, 6.45) is 10.1. The van der Waals surface area contributed by atoms with Crippen molar-refractivity contribution in [3.8, 4) is 17.6 Å². The molecule has 1 N–H and O–H groups in total. The highest BCUT2D eigenvalue weighted by Crippen LogP contribution is 2.47. The van der Waals surface area contributed by atoms with Crippen molar-refractivity contribution in [3.63, 3.8) is 0 Å². The van der Waals surface area contributed by atoms with E-state index in [-0.39, 0.29) is 25.2 Å². The third-order valence-electron chi connectivity index (χ3n) is 20.6. The largest absolute Gasteiger partial charge is 0.748 e. The number of hydrogen-bond acceptors (Lipinski definition) is 35. The molecule has 0 aromatic heterocycles. The van der Waals surface area contributed by atoms with Crippen molar-refractivity contribution in [1.29, 1.82) is 5.26 Å². The first kappa shape index (κ1) is 114. The van der Waals surface area contributed by atoms with Gasteiger partial charge in [-0.2, -0.15) is 5.26 Å². The lowest BCUT2D eigenvalue weighted by Crippen LogP contribution is -2.50. The lowest BCUT2D eigenvalue weighted by Gasteiger charge is -2.44. The zero-order valence-electron chi connectivity index (χ0n) is 79.2. The van der Waals surface area contributed by atoms with Crippen molar-refractivity contribution in [2.45, 2.75) is 123 Å². The van der Waals surface area contributed by atoms with Crippen LogP contribution in [0.1, 0.15) is 128 Å². The Kier molecular flexibility index (Phi) is 62.5. The number of rotatable bonds is 89. The average molecular weight is 1900 g/mol. The van der Waals surface area contributed by atoms with E-state index in [0.717, 1.165) is 36.1 Å². The first-order valence-electron chi connectivity index (χ1n) is 46.7. The highest BCUT2D eigenvalue weighted by atomic mass is 32.2. The Hall–Kier alpha value is -6.29. The normalized spacial score (nSPS) is 14.5. The monoisotopic (exact) mass is 1900 g/mol. The summed E-state index contributed by atoms with van der Waals surface area (Å²) in [5.41, 5.74) is 3.68. The van der Waals surface area contributed by atoms with Crippen LogP contribution >= 0.6 is 0 Å². The van der Waals surface area contributed by atoms with Gasteiger partial charge in [0, 0.05) is 94.3 Å². The smallest absolute Gasteiger partial charge is 0.333 e. The van der Waals surface area contributed by atoms with Gasteiger partial charge in [-0.3, -0.25) is 14.4 Å². The summed E-state index contributed by atoms with van der Waals surface area (Å²) in [7, 11) is -3.08. The first-order chi connectivity index (χ1) is 64.4. The maximum Gasteiger partial charge on any atom is 0.333 e. The molecular weight excluding hydrogens is 1750 g/mol. The molecule has 3 amide bonds. The van der Waals surface area contributed by atoms with E-state index in [1.165, 1.54) is 0 Å². The van der Waals surface area contributed by atoms with Crippen molar-refractivity contribution >= 4 is 56.2 Å². The van der Waals surface area contributed by atoms with Crippen LogP contribution in [0, 0.1) is 11.3 Å². The predicted molar refractivity (Wildman–Crippen MR) is 485 cm³/mol. The lowest BCUT2D eigenvalue weighted by atomic mass is 9.83. The molecule has 2 aromatic carbocycles. The maximum absolute atomic E-state index is 12.9. The number of amides is 3. The number of unbranched alkanes of at least 4 members (excludes halogenated alkanes) is 4. The Morgan fingerprint density at radius 2 is 0.811 bits per heavy atom. The quantitative estimate of drug-likeness (QED) is 0.0376. The standard InChI is InChI=1S/C93H151N5O33S/c1-7-14-77-73-92(2,3)96(21-13-9-11-16-91(102)131-98-89(100)17-18-90(98)101)84-71-86-81(69-79(77)84)83(75-94)82-70-80-78(76-132(103,104)105)74-93(4,5)97(85(80)72-87(82)130-86)20-12-8-10-15-88(99)95-19-22-107-25-26-109-29-30-111-33-34-113-37-38-115-41-42-117-45-46-119-49-50-121-53-54-123-57-58-125-61-62-127-65-66-129-68-67-128-64-63-126-60-59-124-56-55-122-52-51-120-48-47-118-44-43-116-40-39-114-36-35-112-32-31-110-28-27-108-24-23-106-6/h69-74H,7-68,76H2,1-6H3,(H-,95,99,103,104,105). The lowest BCUT2D eigenvalue weighted by molar-refractivity contribution is -0.197. The number of hydrogen-bond donors (Lipinski definition) is 1. The molecule has 39 heteroatoms. The van der Waals surface area contributed by atoms with E-state index < -0.39 is 44.7 Å². The highest BCUT2D eigenvalue weighted by molar-refractivity contribution is 7.86. The van der Waals surface area contributed by atoms with Gasteiger partial charge in [-0.05, 0) is 75.3 Å². The summed E-state index contributed by atoms with van der Waals surface area (Å²) in [4.78, 5) is 56.8. The molecule has 4 heterocycles. The van der Waals surface area contributed by atoms with Crippen LogP contribution in [-0.2, 0) is 148 Å². The summed E-state index contributed by atoms with van der Waals surface area (Å²) in [6, 6.07) is 10.1. The van der Waals surface area contributed by atoms with Gasteiger partial charge in [0.15, 0.2) is 5.54 Å². The van der Waals surface area contributed by atoms with Crippen molar-refractivity contribution in [2.75, 3.05) is 348 Å². The molecule has 1 fully saturated rings. The summed E-state index contributed by atoms with van der Waals surface area (Å²) >= 11 is 0. The van der Waals surface area contributed by atoms with E-state index in [1.54, 1.807) is 13.2 Å².